The fourth-order valence-corrected chi connectivity index (χ4v) is 6.45. The molecule has 3 aromatic carbocycles. The van der Waals surface area contributed by atoms with Crippen molar-refractivity contribution in [2.45, 2.75) is 50.5 Å². The number of aryl methyl sites for hydroxylation is 1. The van der Waals surface area contributed by atoms with Crippen LogP contribution in [0.5, 0.6) is 0 Å². The summed E-state index contributed by atoms with van der Waals surface area (Å²) in [6.45, 7) is 4.86. The lowest BCUT2D eigenvalue weighted by molar-refractivity contribution is -0.122. The van der Waals surface area contributed by atoms with Gasteiger partial charge in [0, 0.05) is 19.4 Å². The van der Waals surface area contributed by atoms with E-state index in [4.69, 9.17) is 9.72 Å². The molecule has 6 heteroatoms. The molecule has 4 aromatic rings. The quantitative estimate of drug-likeness (QED) is 0.415. The average molecular weight is 495 g/mol. The van der Waals surface area contributed by atoms with Crippen molar-refractivity contribution in [3.8, 4) is 0 Å². The summed E-state index contributed by atoms with van der Waals surface area (Å²) in [7, 11) is 2.11. The van der Waals surface area contributed by atoms with Crippen LogP contribution >= 0.6 is 0 Å². The molecule has 0 bridgehead atoms. The number of imidazole rings is 1. The monoisotopic (exact) mass is 494 g/mol. The average Bonchev–Trinajstić information content (AvgIpc) is 3.36. The summed E-state index contributed by atoms with van der Waals surface area (Å²) in [4.78, 5) is 19.7. The SMILES string of the molecule is CC(=O)N[C@@H]1c2ccccc2C2(CCN(Cc3nc4ccccc4n3C)CC2)[C@H]1OCc1ccccc1. The second-order valence-corrected chi connectivity index (χ2v) is 10.5. The van der Waals surface area contributed by atoms with E-state index in [0.29, 0.717) is 6.61 Å². The number of ether oxygens (including phenoxy) is 1. The summed E-state index contributed by atoms with van der Waals surface area (Å²) in [6, 6.07) is 27.1. The van der Waals surface area contributed by atoms with E-state index < -0.39 is 0 Å². The van der Waals surface area contributed by atoms with Crippen molar-refractivity contribution < 1.29 is 9.53 Å². The number of hydrogen-bond acceptors (Lipinski definition) is 4. The summed E-state index contributed by atoms with van der Waals surface area (Å²) in [5, 5.41) is 3.24. The van der Waals surface area contributed by atoms with E-state index in [2.05, 4.69) is 76.4 Å². The fraction of sp³-hybridized carbons (Fsp3) is 0.355. The Kier molecular flexibility index (Phi) is 6.31. The maximum Gasteiger partial charge on any atom is 0.217 e. The third-order valence-corrected chi connectivity index (χ3v) is 8.30. The Morgan fingerprint density at radius 3 is 2.46 bits per heavy atom. The van der Waals surface area contributed by atoms with Crippen LogP contribution in [0, 0.1) is 0 Å². The Bertz CT molecular complexity index is 1410. The van der Waals surface area contributed by atoms with Gasteiger partial charge in [0.05, 0.1) is 36.3 Å². The van der Waals surface area contributed by atoms with Gasteiger partial charge in [0.25, 0.3) is 0 Å². The zero-order valence-electron chi connectivity index (χ0n) is 21.6. The lowest BCUT2D eigenvalue weighted by Gasteiger charge is -2.44. The highest BCUT2D eigenvalue weighted by atomic mass is 16.5. The van der Waals surface area contributed by atoms with Crippen LogP contribution in [-0.4, -0.2) is 39.6 Å². The number of para-hydroxylation sites is 2. The molecule has 1 aliphatic heterocycles. The molecule has 1 fully saturated rings. The molecule has 2 atom stereocenters. The van der Waals surface area contributed by atoms with E-state index in [1.165, 1.54) is 16.6 Å². The van der Waals surface area contributed by atoms with Gasteiger partial charge in [-0.2, -0.15) is 0 Å². The smallest absolute Gasteiger partial charge is 0.217 e. The Balaban J connectivity index is 1.27. The summed E-state index contributed by atoms with van der Waals surface area (Å²) in [5.41, 5.74) is 5.75. The molecule has 0 unspecified atom stereocenters. The molecule has 1 saturated heterocycles. The number of nitrogens with one attached hydrogen (secondary N) is 1. The number of rotatable bonds is 6. The predicted octanol–water partition coefficient (Wildman–Crippen LogP) is 4.88. The highest BCUT2D eigenvalue weighted by molar-refractivity contribution is 5.75. The lowest BCUT2D eigenvalue weighted by Crippen LogP contribution is -2.50. The maximum atomic E-state index is 12.3. The summed E-state index contributed by atoms with van der Waals surface area (Å²) in [6.07, 6.45) is 1.83. The van der Waals surface area contributed by atoms with Crippen molar-refractivity contribution in [3.05, 3.63) is 101 Å². The molecule has 190 valence electrons. The Morgan fingerprint density at radius 1 is 1.00 bits per heavy atom. The van der Waals surface area contributed by atoms with Crippen molar-refractivity contribution in [2.24, 2.45) is 7.05 Å². The highest BCUT2D eigenvalue weighted by Crippen LogP contribution is 2.52. The molecular formula is C31H34N4O2. The van der Waals surface area contributed by atoms with Crippen LogP contribution in [0.1, 0.15) is 48.3 Å². The first-order valence-electron chi connectivity index (χ1n) is 13.2. The minimum Gasteiger partial charge on any atom is -0.370 e. The van der Waals surface area contributed by atoms with Crippen molar-refractivity contribution in [3.63, 3.8) is 0 Å². The van der Waals surface area contributed by atoms with Crippen molar-refractivity contribution >= 4 is 16.9 Å². The number of fused-ring (bicyclic) bond motifs is 3. The number of amides is 1. The molecule has 2 heterocycles. The van der Waals surface area contributed by atoms with Gasteiger partial charge >= 0.3 is 0 Å². The Labute approximate surface area is 218 Å². The number of benzene rings is 3. The molecule has 0 saturated carbocycles. The molecule has 1 aliphatic carbocycles. The molecule has 2 aliphatic rings. The van der Waals surface area contributed by atoms with E-state index >= 15 is 0 Å². The number of carbonyl (C=O) groups excluding carboxylic acids is 1. The van der Waals surface area contributed by atoms with Crippen LogP contribution in [0.2, 0.25) is 0 Å². The third kappa shape index (κ3) is 4.34. The molecule has 6 rings (SSSR count). The number of hydrogen-bond donors (Lipinski definition) is 1. The predicted molar refractivity (Wildman–Crippen MR) is 145 cm³/mol. The van der Waals surface area contributed by atoms with Crippen molar-refractivity contribution in [1.29, 1.82) is 0 Å². The third-order valence-electron chi connectivity index (χ3n) is 8.30. The summed E-state index contributed by atoms with van der Waals surface area (Å²) in [5.74, 6) is 1.07. The zero-order chi connectivity index (χ0) is 25.4. The van der Waals surface area contributed by atoms with Crippen LogP contribution in [0.15, 0.2) is 78.9 Å². The Morgan fingerprint density at radius 2 is 1.70 bits per heavy atom. The molecular weight excluding hydrogens is 460 g/mol. The topological polar surface area (TPSA) is 59.4 Å². The van der Waals surface area contributed by atoms with Gasteiger partial charge in [0.2, 0.25) is 5.91 Å². The first kappa shape index (κ1) is 23.9. The van der Waals surface area contributed by atoms with Gasteiger partial charge in [0.15, 0.2) is 0 Å². The number of nitrogens with zero attached hydrogens (tertiary/aromatic N) is 3. The van der Waals surface area contributed by atoms with Gasteiger partial charge in [-0.15, -0.1) is 0 Å². The minimum absolute atomic E-state index is 0.0237. The van der Waals surface area contributed by atoms with Crippen LogP contribution in [0.3, 0.4) is 0 Å². The molecule has 1 spiro atoms. The summed E-state index contributed by atoms with van der Waals surface area (Å²) >= 11 is 0. The standard InChI is InChI=1S/C31H34N4O2/c1-22(36)32-29-24-12-6-7-13-25(24)31(30(29)37-21-23-10-4-3-5-11-23)16-18-35(19-17-31)20-28-33-26-14-8-9-15-27(26)34(28)2/h3-15,29-30H,16-21H2,1-2H3,(H,32,36)/t29-,30+/m1/s1. The largest absolute Gasteiger partial charge is 0.370 e. The molecule has 1 N–H and O–H groups in total. The van der Waals surface area contributed by atoms with Gasteiger partial charge in [-0.1, -0.05) is 66.7 Å². The van der Waals surface area contributed by atoms with Crippen LogP contribution in [-0.2, 0) is 35.1 Å². The second-order valence-electron chi connectivity index (χ2n) is 10.5. The Hall–Kier alpha value is -3.48. The minimum atomic E-state index is -0.149. The van der Waals surface area contributed by atoms with Crippen LogP contribution in [0.4, 0.5) is 0 Å². The molecule has 1 amide bonds. The van der Waals surface area contributed by atoms with Crippen LogP contribution < -0.4 is 5.32 Å². The van der Waals surface area contributed by atoms with Gasteiger partial charge in [0.1, 0.15) is 5.82 Å². The van der Waals surface area contributed by atoms with Gasteiger partial charge in [-0.25, -0.2) is 4.98 Å². The van der Waals surface area contributed by atoms with E-state index in [1.54, 1.807) is 6.92 Å². The molecule has 0 radical (unpaired) electrons. The van der Waals surface area contributed by atoms with E-state index in [9.17, 15) is 4.79 Å². The van der Waals surface area contributed by atoms with Gasteiger partial charge < -0.3 is 14.6 Å². The van der Waals surface area contributed by atoms with E-state index in [-0.39, 0.29) is 23.5 Å². The zero-order valence-corrected chi connectivity index (χ0v) is 21.6. The number of carbonyl (C=O) groups is 1. The van der Waals surface area contributed by atoms with Crippen molar-refractivity contribution in [2.75, 3.05) is 13.1 Å². The second kappa shape index (κ2) is 9.77. The fourth-order valence-electron chi connectivity index (χ4n) is 6.45. The summed E-state index contributed by atoms with van der Waals surface area (Å²) < 4.78 is 8.95. The maximum absolute atomic E-state index is 12.3. The molecule has 37 heavy (non-hydrogen) atoms. The van der Waals surface area contributed by atoms with E-state index in [1.807, 2.05) is 24.3 Å². The lowest BCUT2D eigenvalue weighted by atomic mass is 9.71. The van der Waals surface area contributed by atoms with Gasteiger partial charge in [-0.05, 0) is 54.8 Å². The molecule has 6 nitrogen and oxygen atoms in total. The van der Waals surface area contributed by atoms with E-state index in [0.717, 1.165) is 49.4 Å². The normalized spacial score (nSPS) is 20.8. The van der Waals surface area contributed by atoms with Crippen LogP contribution in [0.25, 0.3) is 11.0 Å². The first-order valence-corrected chi connectivity index (χ1v) is 13.2. The molecule has 1 aromatic heterocycles. The highest BCUT2D eigenvalue weighted by Gasteiger charge is 2.54. The van der Waals surface area contributed by atoms with Gasteiger partial charge in [-0.3, -0.25) is 9.69 Å². The number of aromatic nitrogens is 2. The number of piperidine rings is 1. The van der Waals surface area contributed by atoms with Crippen molar-refractivity contribution in [1.82, 2.24) is 19.8 Å². The number of likely N-dealkylation sites (tertiary alicyclic amines) is 1. The first-order chi connectivity index (χ1) is 18.0.